The summed E-state index contributed by atoms with van der Waals surface area (Å²) >= 11 is 0. The lowest BCUT2D eigenvalue weighted by atomic mass is 9.81. The van der Waals surface area contributed by atoms with Crippen molar-refractivity contribution in [3.63, 3.8) is 0 Å². The lowest BCUT2D eigenvalue weighted by molar-refractivity contribution is -0.928. The minimum Gasteiger partial charge on any atom is -0.454 e. The van der Waals surface area contributed by atoms with Crippen LogP contribution in [0.3, 0.4) is 0 Å². The van der Waals surface area contributed by atoms with Gasteiger partial charge in [-0.1, -0.05) is 30.3 Å². The van der Waals surface area contributed by atoms with Crippen LogP contribution in [0.25, 0.3) is 0 Å². The van der Waals surface area contributed by atoms with E-state index in [-0.39, 0.29) is 12.7 Å². The van der Waals surface area contributed by atoms with Crippen LogP contribution >= 0.6 is 0 Å². The molecule has 0 spiro atoms. The number of quaternary nitrogens is 1. The molecule has 5 rings (SSSR count). The summed E-state index contributed by atoms with van der Waals surface area (Å²) in [5.41, 5.74) is 3.40. The number of hydrogen-bond donors (Lipinski definition) is 0. The summed E-state index contributed by atoms with van der Waals surface area (Å²) < 4.78 is 12.0. The van der Waals surface area contributed by atoms with Gasteiger partial charge in [-0.2, -0.15) is 0 Å². The highest BCUT2D eigenvalue weighted by Gasteiger charge is 2.41. The van der Waals surface area contributed by atoms with E-state index < -0.39 is 0 Å². The van der Waals surface area contributed by atoms with E-state index in [0.29, 0.717) is 11.7 Å². The molecule has 0 amide bonds. The van der Waals surface area contributed by atoms with Gasteiger partial charge in [0.2, 0.25) is 6.79 Å². The summed E-state index contributed by atoms with van der Waals surface area (Å²) in [5.74, 6) is 2.44. The first kappa shape index (κ1) is 16.8. The standard InChI is InChI=1S/C23H26NO3/c1-24(14-16-5-3-2-4-6-16)9-7-17(8-10-24)19-11-18-12-21-22(27-15-26-21)13-20(18)23(19)25/h2-6,12-13,17,19H,7-11,14-15H2,1H3/q+1. The maximum absolute atomic E-state index is 13.0. The molecule has 0 aromatic heterocycles. The Kier molecular flexibility index (Phi) is 3.97. The molecule has 27 heavy (non-hydrogen) atoms. The van der Waals surface area contributed by atoms with Crippen molar-refractivity contribution < 1.29 is 18.8 Å². The molecule has 4 nitrogen and oxygen atoms in total. The number of ether oxygens (including phenoxy) is 2. The van der Waals surface area contributed by atoms with E-state index in [4.69, 9.17) is 9.47 Å². The van der Waals surface area contributed by atoms with Gasteiger partial charge in [-0.05, 0) is 30.0 Å². The average Bonchev–Trinajstić information content (AvgIpc) is 3.25. The van der Waals surface area contributed by atoms with Crippen LogP contribution in [0.4, 0.5) is 0 Å². The molecular weight excluding hydrogens is 338 g/mol. The molecule has 1 unspecified atom stereocenters. The first-order valence-electron chi connectivity index (χ1n) is 9.95. The van der Waals surface area contributed by atoms with Gasteiger partial charge in [0, 0.05) is 29.9 Å². The first-order valence-corrected chi connectivity index (χ1v) is 9.95. The van der Waals surface area contributed by atoms with E-state index in [9.17, 15) is 4.79 Å². The van der Waals surface area contributed by atoms with Crippen LogP contribution in [0.5, 0.6) is 11.5 Å². The lowest BCUT2D eigenvalue weighted by Gasteiger charge is -2.42. The maximum Gasteiger partial charge on any atom is 0.231 e. The number of Topliss-reactive ketones (excluding diaryl/α,β-unsaturated/α-hetero) is 1. The smallest absolute Gasteiger partial charge is 0.231 e. The molecule has 2 heterocycles. The van der Waals surface area contributed by atoms with Crippen LogP contribution < -0.4 is 9.47 Å². The molecule has 0 radical (unpaired) electrons. The van der Waals surface area contributed by atoms with Gasteiger partial charge in [0.1, 0.15) is 6.54 Å². The molecule has 4 heteroatoms. The van der Waals surface area contributed by atoms with Crippen LogP contribution in [0.1, 0.15) is 34.3 Å². The Labute approximate surface area is 160 Å². The van der Waals surface area contributed by atoms with Gasteiger partial charge in [-0.15, -0.1) is 0 Å². The highest BCUT2D eigenvalue weighted by Crippen LogP contribution is 2.43. The number of fused-ring (bicyclic) bond motifs is 2. The highest BCUT2D eigenvalue weighted by molar-refractivity contribution is 6.03. The van der Waals surface area contributed by atoms with Gasteiger partial charge in [0.05, 0.1) is 20.1 Å². The molecule has 0 bridgehead atoms. The average molecular weight is 364 g/mol. The van der Waals surface area contributed by atoms with Crippen molar-refractivity contribution in [3.8, 4) is 11.5 Å². The number of piperidine rings is 1. The van der Waals surface area contributed by atoms with Crippen molar-refractivity contribution in [2.24, 2.45) is 11.8 Å². The van der Waals surface area contributed by atoms with Crippen LogP contribution in [0.15, 0.2) is 42.5 Å². The van der Waals surface area contributed by atoms with Gasteiger partial charge >= 0.3 is 0 Å². The fourth-order valence-electron chi connectivity index (χ4n) is 5.09. The second-order valence-electron chi connectivity index (χ2n) is 8.59. The minimum absolute atomic E-state index is 0.132. The number of likely N-dealkylation sites (tertiary alicyclic amines) is 1. The summed E-state index contributed by atoms with van der Waals surface area (Å²) in [6.45, 7) is 3.62. The van der Waals surface area contributed by atoms with Crippen molar-refractivity contribution in [1.29, 1.82) is 0 Å². The molecule has 1 atom stereocenters. The van der Waals surface area contributed by atoms with Crippen LogP contribution in [0, 0.1) is 11.8 Å². The number of hydrogen-bond acceptors (Lipinski definition) is 3. The summed E-state index contributed by atoms with van der Waals surface area (Å²) in [7, 11) is 2.35. The molecule has 3 aliphatic rings. The normalized spacial score (nSPS) is 29.0. The molecule has 2 aromatic carbocycles. The molecule has 1 aliphatic carbocycles. The summed E-state index contributed by atoms with van der Waals surface area (Å²) in [4.78, 5) is 13.0. The Morgan fingerprint density at radius 1 is 1.04 bits per heavy atom. The zero-order valence-corrected chi connectivity index (χ0v) is 15.8. The molecule has 140 valence electrons. The number of ketones is 1. The Balaban J connectivity index is 1.27. The monoisotopic (exact) mass is 364 g/mol. The quantitative estimate of drug-likeness (QED) is 0.777. The zero-order valence-electron chi connectivity index (χ0n) is 15.8. The summed E-state index contributed by atoms with van der Waals surface area (Å²) in [5, 5.41) is 0. The lowest BCUT2D eigenvalue weighted by Crippen LogP contribution is -2.50. The van der Waals surface area contributed by atoms with Gasteiger partial charge < -0.3 is 14.0 Å². The second-order valence-corrected chi connectivity index (χ2v) is 8.59. The summed E-state index contributed by atoms with van der Waals surface area (Å²) in [6.07, 6.45) is 3.11. The SMILES string of the molecule is C[N+]1(Cc2ccccc2)CCC(C2Cc3cc4c(cc3C2=O)OCO4)CC1. The van der Waals surface area contributed by atoms with E-state index >= 15 is 0 Å². The maximum atomic E-state index is 13.0. The number of nitrogens with zero attached hydrogens (tertiary/aromatic N) is 1. The topological polar surface area (TPSA) is 35.5 Å². The summed E-state index contributed by atoms with van der Waals surface area (Å²) in [6, 6.07) is 14.7. The molecule has 1 fully saturated rings. The Morgan fingerprint density at radius 2 is 1.74 bits per heavy atom. The molecule has 2 aromatic rings. The highest BCUT2D eigenvalue weighted by atomic mass is 16.7. The van der Waals surface area contributed by atoms with E-state index in [1.54, 1.807) is 0 Å². The van der Waals surface area contributed by atoms with E-state index in [1.807, 2.05) is 12.1 Å². The van der Waals surface area contributed by atoms with Crippen LogP contribution in [-0.2, 0) is 13.0 Å². The van der Waals surface area contributed by atoms with Crippen molar-refractivity contribution in [3.05, 3.63) is 59.2 Å². The van der Waals surface area contributed by atoms with Gasteiger partial charge in [0.25, 0.3) is 0 Å². The number of carbonyl (C=O) groups is 1. The molecule has 2 aliphatic heterocycles. The van der Waals surface area contributed by atoms with Crippen molar-refractivity contribution >= 4 is 5.78 Å². The largest absolute Gasteiger partial charge is 0.454 e. The predicted octanol–water partition coefficient (Wildman–Crippen LogP) is 3.83. The Bertz CT molecular complexity index is 869. The fourth-order valence-corrected chi connectivity index (χ4v) is 5.09. The van der Waals surface area contributed by atoms with E-state index in [0.717, 1.165) is 66.0 Å². The molecule has 0 N–H and O–H groups in total. The zero-order chi connectivity index (χ0) is 18.4. The van der Waals surface area contributed by atoms with Gasteiger partial charge in [-0.25, -0.2) is 0 Å². The third-order valence-electron chi connectivity index (χ3n) is 6.70. The Hall–Kier alpha value is -2.33. The number of carbonyl (C=O) groups excluding carboxylic acids is 1. The predicted molar refractivity (Wildman–Crippen MR) is 103 cm³/mol. The minimum atomic E-state index is 0.132. The number of benzene rings is 2. The van der Waals surface area contributed by atoms with Crippen molar-refractivity contribution in [1.82, 2.24) is 0 Å². The number of rotatable bonds is 3. The molecule has 1 saturated heterocycles. The fraction of sp³-hybridized carbons (Fsp3) is 0.435. The van der Waals surface area contributed by atoms with Crippen LogP contribution in [-0.4, -0.2) is 37.2 Å². The Morgan fingerprint density at radius 3 is 2.48 bits per heavy atom. The van der Waals surface area contributed by atoms with E-state index in [2.05, 4.69) is 37.4 Å². The third kappa shape index (κ3) is 3.02. The van der Waals surface area contributed by atoms with Gasteiger partial charge in [0.15, 0.2) is 17.3 Å². The molecular formula is C23H26NO3+. The molecule has 0 saturated carbocycles. The van der Waals surface area contributed by atoms with Crippen molar-refractivity contribution in [2.75, 3.05) is 26.9 Å². The van der Waals surface area contributed by atoms with Crippen molar-refractivity contribution in [2.45, 2.75) is 25.8 Å². The third-order valence-corrected chi connectivity index (χ3v) is 6.70. The van der Waals surface area contributed by atoms with Gasteiger partial charge in [-0.3, -0.25) is 4.79 Å². The first-order chi connectivity index (χ1) is 13.1. The second kappa shape index (κ2) is 6.38. The van der Waals surface area contributed by atoms with Crippen LogP contribution in [0.2, 0.25) is 0 Å². The van der Waals surface area contributed by atoms with E-state index in [1.165, 1.54) is 5.56 Å².